The van der Waals surface area contributed by atoms with Crippen LogP contribution >= 0.6 is 0 Å². The lowest BCUT2D eigenvalue weighted by Gasteiger charge is -2.34. The van der Waals surface area contributed by atoms with E-state index in [9.17, 15) is 56.6 Å². The number of rotatable bonds is 22. The van der Waals surface area contributed by atoms with Gasteiger partial charge in [-0.1, -0.05) is 72.7 Å². The van der Waals surface area contributed by atoms with Gasteiger partial charge in [-0.05, 0) is 41.7 Å². The molecule has 8 N–H and O–H groups in total. The molecule has 0 fully saturated rings. The summed E-state index contributed by atoms with van der Waals surface area (Å²) >= 11 is 0. The number of carbonyl (C=O) groups is 8. The largest absolute Gasteiger partial charge is 0.481 e. The molecule has 0 aliphatic rings. The van der Waals surface area contributed by atoms with Crippen molar-refractivity contribution in [1.82, 2.24) is 31.9 Å². The van der Waals surface area contributed by atoms with Crippen LogP contribution in [0.5, 0.6) is 0 Å². The van der Waals surface area contributed by atoms with Crippen LogP contribution in [0.4, 0.5) is 13.2 Å². The molecule has 0 aromatic heterocycles. The molecule has 0 heterocycles. The summed E-state index contributed by atoms with van der Waals surface area (Å²) in [5, 5.41) is 31.0. The molecule has 6 atom stereocenters. The third-order valence-electron chi connectivity index (χ3n) is 8.59. The van der Waals surface area contributed by atoms with Crippen LogP contribution in [0, 0.1) is 24.2 Å². The predicted octanol–water partition coefficient (Wildman–Crippen LogP) is 1.20. The zero-order valence-electron chi connectivity index (χ0n) is 34.5. The van der Waals surface area contributed by atoms with Crippen molar-refractivity contribution in [3.8, 4) is 0 Å². The number of carbonyl (C=O) groups excluding carboxylic acids is 7. The van der Waals surface area contributed by atoms with Crippen LogP contribution in [0.1, 0.15) is 85.3 Å². The second kappa shape index (κ2) is 22.6. The van der Waals surface area contributed by atoms with Gasteiger partial charge in [-0.15, -0.1) is 0 Å². The molecule has 1 unspecified atom stereocenters. The molecule has 57 heavy (non-hydrogen) atoms. The quantitative estimate of drug-likeness (QED) is 0.0777. The van der Waals surface area contributed by atoms with Gasteiger partial charge >= 0.3 is 12.1 Å². The molecule has 0 bridgehead atoms. The molecule has 0 spiro atoms. The van der Waals surface area contributed by atoms with Crippen LogP contribution in [0.15, 0.2) is 24.3 Å². The van der Waals surface area contributed by atoms with Gasteiger partial charge in [0, 0.05) is 12.8 Å². The highest BCUT2D eigenvalue weighted by molar-refractivity contribution is 5.97. The van der Waals surface area contributed by atoms with Gasteiger partial charge in [0.2, 0.25) is 35.4 Å². The number of alkyl halides is 3. The van der Waals surface area contributed by atoms with Crippen molar-refractivity contribution < 1.29 is 63.2 Å². The molecule has 19 heteroatoms. The minimum atomic E-state index is -4.77. The number of aliphatic hydroxyl groups excluding tert-OH is 1. The van der Waals surface area contributed by atoms with Crippen molar-refractivity contribution in [3.63, 3.8) is 0 Å². The monoisotopic (exact) mass is 815 g/mol. The lowest BCUT2D eigenvalue weighted by atomic mass is 9.85. The Morgan fingerprint density at radius 2 is 1.35 bits per heavy atom. The van der Waals surface area contributed by atoms with Gasteiger partial charge < -0.3 is 46.9 Å². The van der Waals surface area contributed by atoms with Crippen molar-refractivity contribution in [2.75, 3.05) is 6.61 Å². The summed E-state index contributed by atoms with van der Waals surface area (Å²) in [6.45, 7) is 12.0. The van der Waals surface area contributed by atoms with E-state index in [4.69, 9.17) is 6.52 Å². The maximum atomic E-state index is 14.2. The van der Waals surface area contributed by atoms with Gasteiger partial charge in [0.05, 0.1) is 25.5 Å². The summed E-state index contributed by atoms with van der Waals surface area (Å²) in [6, 6.07) is -2.43. The fraction of sp³-hybridized carbons (Fsp3) is 0.632. The van der Waals surface area contributed by atoms with Crippen molar-refractivity contribution >= 4 is 47.7 Å². The van der Waals surface area contributed by atoms with E-state index in [-0.39, 0.29) is 30.4 Å². The average Bonchev–Trinajstić information content (AvgIpc) is 3.10. The van der Waals surface area contributed by atoms with E-state index in [1.807, 2.05) is 5.32 Å². The molecule has 1 aromatic rings. The summed E-state index contributed by atoms with van der Waals surface area (Å²) in [7, 11) is 0. The normalized spacial score (nSPS) is 15.2. The number of nitrogens with one attached hydrogen (secondary N) is 6. The van der Waals surface area contributed by atoms with E-state index in [1.165, 1.54) is 0 Å². The number of aryl methyl sites for hydroxylation is 1. The minimum Gasteiger partial charge on any atom is -0.481 e. The van der Waals surface area contributed by atoms with Gasteiger partial charge in [0.25, 0.3) is 0 Å². The molecule has 6 amide bonds. The summed E-state index contributed by atoms with van der Waals surface area (Å²) < 4.78 is 47.0. The lowest BCUT2D eigenvalue weighted by Crippen LogP contribution is -2.62. The van der Waals surface area contributed by atoms with Crippen molar-refractivity contribution in [3.05, 3.63) is 35.4 Å². The zero-order chi connectivity index (χ0) is 44.7. The Labute approximate surface area is 331 Å². The highest BCUT2D eigenvalue weighted by Gasteiger charge is 2.39. The lowest BCUT2D eigenvalue weighted by molar-refractivity contribution is -0.147. The van der Waals surface area contributed by atoms with E-state index in [0.717, 1.165) is 5.56 Å². The number of carboxylic acid groups (broad SMARTS) is 1. The van der Waals surface area contributed by atoms with Crippen LogP contribution in [0.25, 0.3) is 0 Å². The Hall–Kier alpha value is -5.07. The summed E-state index contributed by atoms with van der Waals surface area (Å²) in [5.74, 6) is -8.13. The Morgan fingerprint density at radius 1 is 0.789 bits per heavy atom. The van der Waals surface area contributed by atoms with Crippen LogP contribution in [-0.2, 0) is 44.8 Å². The Bertz CT molecular complexity index is 1620. The highest BCUT2D eigenvalue weighted by atomic mass is 19.4. The third kappa shape index (κ3) is 18.2. The number of amides is 6. The van der Waals surface area contributed by atoms with Gasteiger partial charge in [-0.2, -0.15) is 13.2 Å². The molecular formula is C38H57F3N6O10. The zero-order valence-corrected chi connectivity index (χ0v) is 33.5. The van der Waals surface area contributed by atoms with Crippen molar-refractivity contribution in [2.45, 2.75) is 130 Å². The molecule has 0 saturated carbocycles. The number of hydrogen-bond donors (Lipinski definition) is 8. The summed E-state index contributed by atoms with van der Waals surface area (Å²) in [4.78, 5) is 103. The minimum absolute atomic E-state index is 0.0418. The summed E-state index contributed by atoms with van der Waals surface area (Å²) in [6.07, 6.45) is -7.87. The maximum Gasteiger partial charge on any atom is 0.391 e. The van der Waals surface area contributed by atoms with E-state index in [0.29, 0.717) is 5.56 Å². The SMILES string of the molecule is [2H]N(C(=O)CCC(=O)O)[C@@H](CO)C(=O)N[C@H](C(=O)N[C@@H](Cc1ccccc1C)C(=O)N[C@H](C(=O)N[C@@H](CC(C)C)C(=O)NC(C=O)CC(F)(F)F)C(C)(C)C)C(C)C. The molecular weight excluding hydrogens is 757 g/mol. The second-order valence-electron chi connectivity index (χ2n) is 15.6. The molecule has 1 rings (SSSR count). The molecule has 0 saturated heterocycles. The van der Waals surface area contributed by atoms with E-state index in [1.54, 1.807) is 79.7 Å². The van der Waals surface area contributed by atoms with Gasteiger partial charge in [0.1, 0.15) is 36.5 Å². The van der Waals surface area contributed by atoms with E-state index >= 15 is 0 Å². The fourth-order valence-corrected chi connectivity index (χ4v) is 5.49. The Balaban J connectivity index is 3.47. The Kier molecular flexibility index (Phi) is 19.1. The van der Waals surface area contributed by atoms with Gasteiger partial charge in [0.15, 0.2) is 1.41 Å². The van der Waals surface area contributed by atoms with Crippen LogP contribution in [0.2, 0.25) is 1.41 Å². The molecule has 16 nitrogen and oxygen atoms in total. The van der Waals surface area contributed by atoms with Crippen molar-refractivity contribution in [2.24, 2.45) is 17.3 Å². The fourth-order valence-electron chi connectivity index (χ4n) is 5.49. The van der Waals surface area contributed by atoms with Crippen molar-refractivity contribution in [1.29, 1.82) is 0 Å². The molecule has 0 aliphatic heterocycles. The standard InChI is InChI=1S/C38H57F3N6O10/c1-20(2)15-25(32(53)42-24(18-48)17-38(39,40)41)45-36(57)31(37(6,7)8)47-33(54)26(16-23-12-10-9-11-22(23)5)44-35(56)30(21(3)4)46-34(55)27(19-49)43-28(50)13-14-29(51)52/h9-12,18,20-21,24-27,30-31,49H,13-17,19H2,1-8H3,(H,42,53)(H,43,50)(H,44,56)(H,45,57)(H,46,55)(H,47,54)(H,51,52)/t24?,25-,26-,27-,30-,31+/m0/s1/i/hD. The first-order valence-corrected chi connectivity index (χ1v) is 18.4. The number of carboxylic acids is 1. The third-order valence-corrected chi connectivity index (χ3v) is 8.59. The average molecular weight is 816 g/mol. The smallest absolute Gasteiger partial charge is 0.391 e. The van der Waals surface area contributed by atoms with Crippen LogP contribution in [-0.4, -0.2) is 107 Å². The first-order valence-electron chi connectivity index (χ1n) is 18.9. The highest BCUT2D eigenvalue weighted by Crippen LogP contribution is 2.23. The predicted molar refractivity (Wildman–Crippen MR) is 201 cm³/mol. The second-order valence-corrected chi connectivity index (χ2v) is 15.6. The van der Waals surface area contributed by atoms with Crippen LogP contribution < -0.4 is 31.9 Å². The number of hydrogen-bond acceptors (Lipinski definition) is 9. The summed E-state index contributed by atoms with van der Waals surface area (Å²) in [5.41, 5.74) is 0.297. The molecule has 1 aromatic carbocycles. The molecule has 320 valence electrons. The first-order chi connectivity index (χ1) is 26.7. The molecule has 0 aliphatic carbocycles. The van der Waals surface area contributed by atoms with Crippen LogP contribution in [0.3, 0.4) is 0 Å². The topological polar surface area (TPSA) is 249 Å². The van der Waals surface area contributed by atoms with Gasteiger partial charge in [-0.3, -0.25) is 33.6 Å². The van der Waals surface area contributed by atoms with E-state index in [2.05, 4.69) is 21.3 Å². The van der Waals surface area contributed by atoms with Gasteiger partial charge in [-0.25, -0.2) is 0 Å². The number of aliphatic carboxylic acids is 1. The number of aliphatic hydroxyl groups is 1. The maximum absolute atomic E-state index is 14.2. The molecule has 0 radical (unpaired) electrons. The first kappa shape index (κ1) is 48.1. The number of benzene rings is 1. The Morgan fingerprint density at radius 3 is 1.84 bits per heavy atom. The number of halogens is 3. The van der Waals surface area contributed by atoms with E-state index < -0.39 is 121 Å². The number of aldehydes is 1.